The number of esters is 2. The molecular formula is C44H59ClN2O11+2. The van der Waals surface area contributed by atoms with Crippen molar-refractivity contribution in [1.29, 1.82) is 0 Å². The lowest BCUT2D eigenvalue weighted by molar-refractivity contribution is -0.947. The van der Waals surface area contributed by atoms with Gasteiger partial charge in [0.25, 0.3) is 0 Å². The number of ether oxygens (including phenoxy) is 7. The van der Waals surface area contributed by atoms with Gasteiger partial charge in [-0.15, -0.1) is 0 Å². The van der Waals surface area contributed by atoms with Crippen LogP contribution >= 0.6 is 11.6 Å². The number of fused-ring (bicyclic) bond motifs is 1. The summed E-state index contributed by atoms with van der Waals surface area (Å²) in [7, 11) is 8.64. The number of carbonyl (C=O) groups is 2. The van der Waals surface area contributed by atoms with Crippen molar-refractivity contribution in [3.63, 3.8) is 0 Å². The van der Waals surface area contributed by atoms with E-state index in [9.17, 15) is 19.8 Å². The molecule has 2 N–H and O–H groups in total. The van der Waals surface area contributed by atoms with Crippen LogP contribution in [-0.4, -0.2) is 126 Å². The number of benzene rings is 3. The third kappa shape index (κ3) is 11.2. The SMILES string of the molecule is COc1ccc(C[C@@H]2c3cc(CO)c(CO)cc3CC[N@@+]2(C)CCCOC(=O)C(Cl)=CC(=O)OCCC[N+]2(Cc3ccc(OC)c(OC)c3)CCOCC2)cc1OC. The normalized spacial score (nSPS) is 18.8. The molecule has 2 heterocycles. The number of hydrogen-bond donors (Lipinski definition) is 2. The molecule has 0 spiro atoms. The number of morpholine rings is 1. The van der Waals surface area contributed by atoms with Gasteiger partial charge < -0.3 is 52.3 Å². The number of rotatable bonds is 20. The molecule has 2 aliphatic rings. The molecule has 2 atom stereocenters. The molecule has 0 aromatic heterocycles. The molecule has 0 amide bonds. The molecule has 0 saturated carbocycles. The van der Waals surface area contributed by atoms with Gasteiger partial charge >= 0.3 is 11.9 Å². The van der Waals surface area contributed by atoms with Crippen LogP contribution < -0.4 is 18.9 Å². The molecule has 58 heavy (non-hydrogen) atoms. The second-order valence-corrected chi connectivity index (χ2v) is 15.6. The average molecular weight is 827 g/mol. The van der Waals surface area contributed by atoms with Crippen molar-refractivity contribution in [3.05, 3.63) is 93.0 Å². The minimum absolute atomic E-state index is 0.0000604. The maximum atomic E-state index is 12.8. The standard InChI is InChI=1S/C44H59ClN2O11/c1-46(15-12-33-25-34(29-48)35(30-49)26-36(33)38(46)22-31-8-10-39(52-2)41(23-31)54-4)13-6-19-58-44(51)37(45)27-43(50)57-18-7-14-47(16-20-56-21-17-47)28-32-9-11-40(53-3)42(24-32)55-5/h8-11,23-27,38,48-49H,6-7,12-22,28-30H2,1-5H3/q+2/t38-,46-/m1/s1. The monoisotopic (exact) mass is 826 g/mol. The van der Waals surface area contributed by atoms with Gasteiger partial charge in [-0.2, -0.15) is 0 Å². The van der Waals surface area contributed by atoms with E-state index in [0.717, 1.165) is 77.5 Å². The molecule has 0 unspecified atom stereocenters. The van der Waals surface area contributed by atoms with Gasteiger partial charge in [-0.25, -0.2) is 9.59 Å². The Balaban J connectivity index is 1.15. The maximum Gasteiger partial charge on any atom is 0.350 e. The van der Waals surface area contributed by atoms with Crippen LogP contribution in [0.25, 0.3) is 0 Å². The number of quaternary nitrogens is 2. The summed E-state index contributed by atoms with van der Waals surface area (Å²) in [6.45, 7) is 5.98. The van der Waals surface area contributed by atoms with E-state index in [1.54, 1.807) is 28.4 Å². The van der Waals surface area contributed by atoms with Crippen molar-refractivity contribution in [1.82, 2.24) is 0 Å². The number of carbonyl (C=O) groups excluding carboxylic acids is 2. The van der Waals surface area contributed by atoms with Crippen molar-refractivity contribution in [2.45, 2.75) is 51.5 Å². The Labute approximate surface area is 346 Å². The summed E-state index contributed by atoms with van der Waals surface area (Å²) in [5.41, 5.74) is 5.87. The Morgan fingerprint density at radius 2 is 1.36 bits per heavy atom. The summed E-state index contributed by atoms with van der Waals surface area (Å²) >= 11 is 6.23. The summed E-state index contributed by atoms with van der Waals surface area (Å²) in [4.78, 5) is 25.5. The zero-order chi connectivity index (χ0) is 41.7. The molecule has 14 heteroatoms. The first kappa shape index (κ1) is 44.7. The second kappa shape index (κ2) is 21.1. The summed E-state index contributed by atoms with van der Waals surface area (Å²) in [5, 5.41) is 19.8. The van der Waals surface area contributed by atoms with Crippen molar-refractivity contribution in [2.24, 2.45) is 0 Å². The summed E-state index contributed by atoms with van der Waals surface area (Å²) in [6, 6.07) is 15.9. The Kier molecular flexibility index (Phi) is 16.2. The lowest BCUT2D eigenvalue weighted by Crippen LogP contribution is -2.55. The van der Waals surface area contributed by atoms with E-state index < -0.39 is 11.9 Å². The van der Waals surface area contributed by atoms with Crippen LogP contribution in [0.5, 0.6) is 23.0 Å². The van der Waals surface area contributed by atoms with E-state index in [-0.39, 0.29) is 37.5 Å². The third-order valence-corrected chi connectivity index (χ3v) is 11.8. The van der Waals surface area contributed by atoms with Crippen LogP contribution in [0.15, 0.2) is 59.6 Å². The van der Waals surface area contributed by atoms with Gasteiger partial charge in [0.1, 0.15) is 30.7 Å². The Bertz CT molecular complexity index is 1900. The number of likely N-dealkylation sites (N-methyl/N-ethyl adjacent to an activating group) is 1. The van der Waals surface area contributed by atoms with Gasteiger partial charge in [0.15, 0.2) is 23.0 Å². The van der Waals surface area contributed by atoms with E-state index in [1.165, 1.54) is 0 Å². The number of halogens is 1. The van der Waals surface area contributed by atoms with Gasteiger partial charge in [0.05, 0.1) is 94.8 Å². The van der Waals surface area contributed by atoms with E-state index in [2.05, 4.69) is 7.05 Å². The summed E-state index contributed by atoms with van der Waals surface area (Å²) in [6.07, 6.45) is 3.60. The van der Waals surface area contributed by atoms with Crippen LogP contribution in [0.4, 0.5) is 0 Å². The summed E-state index contributed by atoms with van der Waals surface area (Å²) < 4.78 is 40.0. The van der Waals surface area contributed by atoms with Crippen molar-refractivity contribution < 1.29 is 61.9 Å². The van der Waals surface area contributed by atoms with Gasteiger partial charge in [-0.1, -0.05) is 23.7 Å². The van der Waals surface area contributed by atoms with Gasteiger partial charge in [0, 0.05) is 42.9 Å². The molecular weight excluding hydrogens is 768 g/mol. The lowest BCUT2D eigenvalue weighted by Gasteiger charge is -2.46. The molecule has 0 aliphatic carbocycles. The number of hydrogen-bond acceptors (Lipinski definition) is 11. The number of aliphatic hydroxyl groups excluding tert-OH is 2. The molecule has 1 fully saturated rings. The molecule has 0 bridgehead atoms. The van der Waals surface area contributed by atoms with Gasteiger partial charge in [-0.05, 0) is 58.7 Å². The predicted octanol–water partition coefficient (Wildman–Crippen LogP) is 5.03. The Hall–Kier alpha value is -4.37. The first-order chi connectivity index (χ1) is 28.0. The quantitative estimate of drug-likeness (QED) is 0.0687. The highest BCUT2D eigenvalue weighted by Crippen LogP contribution is 2.40. The molecule has 0 radical (unpaired) electrons. The zero-order valence-corrected chi connectivity index (χ0v) is 35.2. The zero-order valence-electron chi connectivity index (χ0n) is 34.4. The molecule has 5 rings (SSSR count). The summed E-state index contributed by atoms with van der Waals surface area (Å²) in [5.74, 6) is 1.15. The predicted molar refractivity (Wildman–Crippen MR) is 218 cm³/mol. The molecule has 1 saturated heterocycles. The van der Waals surface area contributed by atoms with Gasteiger partial charge in [0.2, 0.25) is 0 Å². The first-order valence-corrected chi connectivity index (χ1v) is 20.1. The fraction of sp³-hybridized carbons (Fsp3) is 0.500. The van der Waals surface area contributed by atoms with E-state index >= 15 is 0 Å². The van der Waals surface area contributed by atoms with Crippen molar-refractivity contribution in [2.75, 3.05) is 94.6 Å². The van der Waals surface area contributed by atoms with Crippen LogP contribution in [0.1, 0.15) is 52.3 Å². The minimum atomic E-state index is -0.788. The van der Waals surface area contributed by atoms with Crippen molar-refractivity contribution >= 4 is 23.5 Å². The highest BCUT2D eigenvalue weighted by Gasteiger charge is 2.39. The van der Waals surface area contributed by atoms with E-state index in [1.807, 2.05) is 48.5 Å². The highest BCUT2D eigenvalue weighted by atomic mass is 35.5. The molecule has 2 aliphatic heterocycles. The van der Waals surface area contributed by atoms with Crippen LogP contribution in [0.2, 0.25) is 0 Å². The Morgan fingerprint density at radius 1 is 0.776 bits per heavy atom. The first-order valence-electron chi connectivity index (χ1n) is 19.8. The molecule has 3 aromatic rings. The van der Waals surface area contributed by atoms with Crippen LogP contribution in [-0.2, 0) is 56.4 Å². The Morgan fingerprint density at radius 3 is 2.00 bits per heavy atom. The van der Waals surface area contributed by atoms with Gasteiger partial charge in [-0.3, -0.25) is 0 Å². The maximum absolute atomic E-state index is 12.8. The van der Waals surface area contributed by atoms with Crippen LogP contribution in [0, 0.1) is 0 Å². The van der Waals surface area contributed by atoms with Crippen molar-refractivity contribution in [3.8, 4) is 23.0 Å². The van der Waals surface area contributed by atoms with Crippen LogP contribution in [0.3, 0.4) is 0 Å². The average Bonchev–Trinajstić information content (AvgIpc) is 3.24. The minimum Gasteiger partial charge on any atom is -0.493 e. The number of nitrogens with zero attached hydrogens (tertiary/aromatic N) is 2. The molecule has 13 nitrogen and oxygen atoms in total. The number of methoxy groups -OCH3 is 4. The number of aliphatic hydroxyl groups is 2. The fourth-order valence-electron chi connectivity index (χ4n) is 8.27. The fourth-order valence-corrected chi connectivity index (χ4v) is 8.41. The molecule has 3 aromatic carbocycles. The highest BCUT2D eigenvalue weighted by molar-refractivity contribution is 6.42. The molecule has 316 valence electrons. The lowest BCUT2D eigenvalue weighted by atomic mass is 9.84. The van der Waals surface area contributed by atoms with E-state index in [4.69, 9.17) is 44.8 Å². The topological polar surface area (TPSA) is 139 Å². The second-order valence-electron chi connectivity index (χ2n) is 15.2. The smallest absolute Gasteiger partial charge is 0.350 e. The largest absolute Gasteiger partial charge is 0.493 e. The van der Waals surface area contributed by atoms with E-state index in [0.29, 0.717) is 72.1 Å². The third-order valence-electron chi connectivity index (χ3n) is 11.6.